The van der Waals surface area contributed by atoms with E-state index < -0.39 is 11.5 Å². The molecule has 1 aliphatic rings. The van der Waals surface area contributed by atoms with Gasteiger partial charge in [0.25, 0.3) is 0 Å². The Kier molecular flexibility index (Phi) is 6.47. The molecule has 0 spiro atoms. The summed E-state index contributed by atoms with van der Waals surface area (Å²) < 4.78 is 0. The van der Waals surface area contributed by atoms with Gasteiger partial charge in [-0.25, -0.2) is 9.59 Å². The standard InChI is InChI=1S/C15H25N3O3/c1-3-12-6-8-15(9-7-12,13(19)20)17-14(21)18(4-2)11-5-10-16/h12H,3-9,11H2,1-2H3,(H,17,21)(H,19,20). The molecular weight excluding hydrogens is 270 g/mol. The van der Waals surface area contributed by atoms with E-state index >= 15 is 0 Å². The Morgan fingerprint density at radius 3 is 2.43 bits per heavy atom. The Hall–Kier alpha value is -1.77. The van der Waals surface area contributed by atoms with Crippen molar-refractivity contribution in [2.75, 3.05) is 13.1 Å². The van der Waals surface area contributed by atoms with E-state index in [2.05, 4.69) is 12.2 Å². The molecule has 0 radical (unpaired) electrons. The van der Waals surface area contributed by atoms with E-state index in [9.17, 15) is 14.7 Å². The first kappa shape index (κ1) is 17.3. The van der Waals surface area contributed by atoms with Gasteiger partial charge in [0, 0.05) is 13.1 Å². The number of carbonyl (C=O) groups is 2. The minimum atomic E-state index is -1.15. The molecule has 1 saturated carbocycles. The smallest absolute Gasteiger partial charge is 0.329 e. The van der Waals surface area contributed by atoms with Gasteiger partial charge in [-0.05, 0) is 38.5 Å². The second kappa shape index (κ2) is 7.87. The van der Waals surface area contributed by atoms with Crippen molar-refractivity contribution in [3.05, 3.63) is 0 Å². The molecule has 0 aromatic heterocycles. The predicted octanol–water partition coefficient (Wildman–Crippen LogP) is 2.36. The lowest BCUT2D eigenvalue weighted by molar-refractivity contribution is -0.146. The van der Waals surface area contributed by atoms with Crippen LogP contribution in [0.1, 0.15) is 52.4 Å². The molecule has 0 unspecified atom stereocenters. The summed E-state index contributed by atoms with van der Waals surface area (Å²) in [5, 5.41) is 20.9. The highest BCUT2D eigenvalue weighted by atomic mass is 16.4. The number of hydrogen-bond acceptors (Lipinski definition) is 3. The van der Waals surface area contributed by atoms with E-state index in [1.807, 2.05) is 13.0 Å². The molecule has 0 aliphatic heterocycles. The van der Waals surface area contributed by atoms with Gasteiger partial charge in [-0.3, -0.25) is 0 Å². The summed E-state index contributed by atoms with van der Waals surface area (Å²) in [6.45, 7) is 4.71. The van der Waals surface area contributed by atoms with Crippen molar-refractivity contribution in [2.45, 2.75) is 57.9 Å². The highest BCUT2D eigenvalue weighted by Crippen LogP contribution is 2.34. The van der Waals surface area contributed by atoms with Gasteiger partial charge in [-0.1, -0.05) is 13.3 Å². The monoisotopic (exact) mass is 295 g/mol. The van der Waals surface area contributed by atoms with Gasteiger partial charge in [-0.15, -0.1) is 0 Å². The van der Waals surface area contributed by atoms with Crippen LogP contribution in [0.3, 0.4) is 0 Å². The fourth-order valence-electron chi connectivity index (χ4n) is 2.84. The molecule has 0 atom stereocenters. The second-order valence-electron chi connectivity index (χ2n) is 5.66. The van der Waals surface area contributed by atoms with E-state index in [1.54, 1.807) is 0 Å². The second-order valence-corrected chi connectivity index (χ2v) is 5.66. The molecule has 2 amide bonds. The Morgan fingerprint density at radius 2 is 2.00 bits per heavy atom. The molecule has 0 aromatic rings. The SMILES string of the molecule is CCC1CCC(NC(=O)N(CC)CCC#N)(C(=O)O)CC1. The molecule has 0 bridgehead atoms. The lowest BCUT2D eigenvalue weighted by Crippen LogP contribution is -2.59. The highest BCUT2D eigenvalue weighted by Gasteiger charge is 2.43. The van der Waals surface area contributed by atoms with Crippen LogP contribution in [0, 0.1) is 17.2 Å². The third-order valence-electron chi connectivity index (χ3n) is 4.45. The van der Waals surface area contributed by atoms with Crippen molar-refractivity contribution >= 4 is 12.0 Å². The fourth-order valence-corrected chi connectivity index (χ4v) is 2.84. The molecule has 2 N–H and O–H groups in total. The van der Waals surface area contributed by atoms with Gasteiger partial charge in [-0.2, -0.15) is 5.26 Å². The molecule has 1 rings (SSSR count). The lowest BCUT2D eigenvalue weighted by atomic mass is 9.75. The number of amides is 2. The van der Waals surface area contributed by atoms with Crippen LogP contribution in [0.15, 0.2) is 0 Å². The van der Waals surface area contributed by atoms with Crippen LogP contribution in [-0.2, 0) is 4.79 Å². The minimum absolute atomic E-state index is 0.249. The number of rotatable bonds is 6. The first-order chi connectivity index (χ1) is 9.99. The van der Waals surface area contributed by atoms with E-state index in [1.165, 1.54) is 4.90 Å². The molecule has 1 aliphatic carbocycles. The number of carboxylic acid groups (broad SMARTS) is 1. The van der Waals surface area contributed by atoms with Crippen LogP contribution in [0.4, 0.5) is 4.79 Å². The average Bonchev–Trinajstić information content (AvgIpc) is 2.48. The first-order valence-corrected chi connectivity index (χ1v) is 7.66. The van der Waals surface area contributed by atoms with Gasteiger partial charge < -0.3 is 15.3 Å². The van der Waals surface area contributed by atoms with Crippen LogP contribution in [-0.4, -0.2) is 40.6 Å². The number of nitrogens with one attached hydrogen (secondary N) is 1. The number of urea groups is 1. The normalized spacial score (nSPS) is 24.9. The molecular formula is C15H25N3O3. The van der Waals surface area contributed by atoms with Crippen molar-refractivity contribution in [1.29, 1.82) is 5.26 Å². The number of aliphatic carboxylic acids is 1. The van der Waals surface area contributed by atoms with Crippen LogP contribution in [0.25, 0.3) is 0 Å². The maximum atomic E-state index is 12.3. The predicted molar refractivity (Wildman–Crippen MR) is 78.6 cm³/mol. The summed E-state index contributed by atoms with van der Waals surface area (Å²) in [5.41, 5.74) is -1.15. The van der Waals surface area contributed by atoms with Gasteiger partial charge in [0.2, 0.25) is 0 Å². The van der Waals surface area contributed by atoms with Crippen molar-refractivity contribution in [2.24, 2.45) is 5.92 Å². The van der Waals surface area contributed by atoms with Crippen molar-refractivity contribution in [1.82, 2.24) is 10.2 Å². The molecule has 6 heteroatoms. The van der Waals surface area contributed by atoms with Gasteiger partial charge in [0.15, 0.2) is 0 Å². The van der Waals surface area contributed by atoms with Gasteiger partial charge in [0.1, 0.15) is 5.54 Å². The molecule has 0 saturated heterocycles. The van der Waals surface area contributed by atoms with E-state index in [-0.39, 0.29) is 12.5 Å². The lowest BCUT2D eigenvalue weighted by Gasteiger charge is -2.38. The van der Waals surface area contributed by atoms with E-state index in [4.69, 9.17) is 5.26 Å². The van der Waals surface area contributed by atoms with Crippen LogP contribution >= 0.6 is 0 Å². The van der Waals surface area contributed by atoms with Crippen LogP contribution in [0.2, 0.25) is 0 Å². The largest absolute Gasteiger partial charge is 0.480 e. The zero-order valence-corrected chi connectivity index (χ0v) is 12.9. The zero-order chi connectivity index (χ0) is 15.9. The van der Waals surface area contributed by atoms with Crippen LogP contribution in [0.5, 0.6) is 0 Å². The summed E-state index contributed by atoms with van der Waals surface area (Å²) in [6, 6.07) is 1.61. The quantitative estimate of drug-likeness (QED) is 0.786. The molecule has 0 aromatic carbocycles. The van der Waals surface area contributed by atoms with Gasteiger partial charge >= 0.3 is 12.0 Å². The molecule has 118 valence electrons. The fraction of sp³-hybridized carbons (Fsp3) is 0.800. The first-order valence-electron chi connectivity index (χ1n) is 7.66. The summed E-state index contributed by atoms with van der Waals surface area (Å²) in [6.07, 6.45) is 3.90. The molecule has 1 fully saturated rings. The summed E-state index contributed by atoms with van der Waals surface area (Å²) in [4.78, 5) is 25.4. The Bertz CT molecular complexity index is 409. The van der Waals surface area contributed by atoms with E-state index in [0.29, 0.717) is 31.8 Å². The molecule has 0 heterocycles. The molecule has 21 heavy (non-hydrogen) atoms. The number of nitrogens with zero attached hydrogens (tertiary/aromatic N) is 2. The Balaban J connectivity index is 2.72. The number of carbonyl (C=O) groups excluding carboxylic acids is 1. The third kappa shape index (κ3) is 4.35. The highest BCUT2D eigenvalue weighted by molar-refractivity contribution is 5.86. The van der Waals surface area contributed by atoms with E-state index in [0.717, 1.165) is 19.3 Å². The number of hydrogen-bond donors (Lipinski definition) is 2. The maximum absolute atomic E-state index is 12.3. The summed E-state index contributed by atoms with van der Waals surface area (Å²) in [5.74, 6) is -0.406. The average molecular weight is 295 g/mol. The van der Waals surface area contributed by atoms with Crippen molar-refractivity contribution in [3.63, 3.8) is 0 Å². The van der Waals surface area contributed by atoms with Gasteiger partial charge in [0.05, 0.1) is 12.5 Å². The number of carboxylic acids is 1. The van der Waals surface area contributed by atoms with Crippen molar-refractivity contribution < 1.29 is 14.7 Å². The molecule has 6 nitrogen and oxygen atoms in total. The number of nitriles is 1. The maximum Gasteiger partial charge on any atom is 0.329 e. The summed E-state index contributed by atoms with van der Waals surface area (Å²) >= 11 is 0. The Labute approximate surface area is 126 Å². The zero-order valence-electron chi connectivity index (χ0n) is 12.9. The summed E-state index contributed by atoms with van der Waals surface area (Å²) in [7, 11) is 0. The van der Waals surface area contributed by atoms with Crippen molar-refractivity contribution in [3.8, 4) is 6.07 Å². The topological polar surface area (TPSA) is 93.4 Å². The third-order valence-corrected chi connectivity index (χ3v) is 4.45. The van der Waals surface area contributed by atoms with Crippen LogP contribution < -0.4 is 5.32 Å². The Morgan fingerprint density at radius 1 is 1.38 bits per heavy atom. The minimum Gasteiger partial charge on any atom is -0.480 e.